The van der Waals surface area contributed by atoms with Crippen LogP contribution in [0.1, 0.15) is 6.42 Å². The largest absolute Gasteiger partial charge is 0.486 e. The lowest BCUT2D eigenvalue weighted by molar-refractivity contribution is -0.384. The zero-order valence-electron chi connectivity index (χ0n) is 14.8. The van der Waals surface area contributed by atoms with Crippen molar-refractivity contribution in [2.24, 2.45) is 0 Å². The molecule has 1 N–H and O–H groups in total. The van der Waals surface area contributed by atoms with Gasteiger partial charge in [-0.05, 0) is 12.1 Å². The molecule has 2 aromatic carbocycles. The number of nitrogens with zero attached hydrogens (tertiary/aromatic N) is 2. The molecule has 1 amide bonds. The Labute approximate surface area is 167 Å². The van der Waals surface area contributed by atoms with E-state index in [0.29, 0.717) is 28.5 Å². The van der Waals surface area contributed by atoms with Crippen LogP contribution in [0.5, 0.6) is 11.5 Å². The summed E-state index contributed by atoms with van der Waals surface area (Å²) in [5.41, 5.74) is 0.478. The van der Waals surface area contributed by atoms with Crippen LogP contribution < -0.4 is 20.5 Å². The third kappa shape index (κ3) is 3.74. The number of hydrogen-bond donors (Lipinski definition) is 1. The van der Waals surface area contributed by atoms with Crippen LogP contribution in [0.25, 0.3) is 11.1 Å². The minimum atomic E-state index is -0.625. The number of nitrogens with one attached hydrogen (secondary N) is 1. The van der Waals surface area contributed by atoms with E-state index in [9.17, 15) is 19.7 Å². The molecule has 2 heterocycles. The second-order valence-electron chi connectivity index (χ2n) is 6.20. The van der Waals surface area contributed by atoms with Crippen molar-refractivity contribution in [3.63, 3.8) is 0 Å². The molecule has 0 saturated carbocycles. The van der Waals surface area contributed by atoms with Crippen molar-refractivity contribution in [2.75, 3.05) is 18.5 Å². The minimum absolute atomic E-state index is 0.0135. The lowest BCUT2D eigenvalue weighted by Gasteiger charge is -2.19. The number of fused-ring (bicyclic) bond motifs is 2. The summed E-state index contributed by atoms with van der Waals surface area (Å²) < 4.78 is 17.1. The van der Waals surface area contributed by atoms with Gasteiger partial charge in [-0.3, -0.25) is 19.5 Å². The highest BCUT2D eigenvalue weighted by Gasteiger charge is 2.23. The van der Waals surface area contributed by atoms with E-state index in [1.165, 1.54) is 22.8 Å². The summed E-state index contributed by atoms with van der Waals surface area (Å²) in [6.07, 6.45) is -0.108. The third-order valence-corrected chi connectivity index (χ3v) is 4.56. The van der Waals surface area contributed by atoms with E-state index >= 15 is 0 Å². The highest BCUT2D eigenvalue weighted by atomic mass is 35.5. The van der Waals surface area contributed by atoms with Gasteiger partial charge in [0.1, 0.15) is 18.9 Å². The fraction of sp³-hybridized carbons (Fsp3) is 0.222. The summed E-state index contributed by atoms with van der Waals surface area (Å²) in [6, 6.07) is 7.29. The molecular formula is C18H14ClN3O7. The average Bonchev–Trinajstić information content (AvgIpc) is 2.99. The van der Waals surface area contributed by atoms with Crippen LogP contribution in [0.4, 0.5) is 11.4 Å². The Balaban J connectivity index is 1.53. The van der Waals surface area contributed by atoms with E-state index in [-0.39, 0.29) is 36.7 Å². The number of carbonyl (C=O) groups excluding carboxylic acids is 1. The highest BCUT2D eigenvalue weighted by molar-refractivity contribution is 6.31. The Kier molecular flexibility index (Phi) is 4.85. The van der Waals surface area contributed by atoms with Crippen LogP contribution in [0.3, 0.4) is 0 Å². The van der Waals surface area contributed by atoms with Crippen LogP contribution in [-0.2, 0) is 11.3 Å². The number of hydrogen-bond acceptors (Lipinski definition) is 7. The Hall–Kier alpha value is -3.53. The highest BCUT2D eigenvalue weighted by Crippen LogP contribution is 2.39. The lowest BCUT2D eigenvalue weighted by Crippen LogP contribution is -2.20. The molecule has 0 radical (unpaired) electrons. The molecule has 0 saturated heterocycles. The van der Waals surface area contributed by atoms with E-state index in [0.717, 1.165) is 0 Å². The van der Waals surface area contributed by atoms with E-state index in [1.54, 1.807) is 12.1 Å². The average molecular weight is 420 g/mol. The number of ether oxygens (including phenoxy) is 2. The number of aryl methyl sites for hydroxylation is 1. The first-order chi connectivity index (χ1) is 13.9. The van der Waals surface area contributed by atoms with Crippen LogP contribution >= 0.6 is 11.6 Å². The summed E-state index contributed by atoms with van der Waals surface area (Å²) in [5, 5.41) is 14.3. The molecule has 0 spiro atoms. The van der Waals surface area contributed by atoms with Gasteiger partial charge in [0.25, 0.3) is 5.69 Å². The number of rotatable bonds is 5. The number of nitro benzene ring substituents is 1. The maximum absolute atomic E-state index is 12.4. The van der Waals surface area contributed by atoms with Gasteiger partial charge in [0.2, 0.25) is 5.91 Å². The first kappa shape index (κ1) is 18.8. The van der Waals surface area contributed by atoms with Crippen LogP contribution in [-0.4, -0.2) is 28.6 Å². The third-order valence-electron chi connectivity index (χ3n) is 4.32. The maximum Gasteiger partial charge on any atom is 0.419 e. The second-order valence-corrected chi connectivity index (χ2v) is 6.64. The molecule has 150 valence electrons. The van der Waals surface area contributed by atoms with Gasteiger partial charge in [0.15, 0.2) is 17.1 Å². The van der Waals surface area contributed by atoms with Gasteiger partial charge in [0.05, 0.1) is 16.5 Å². The van der Waals surface area contributed by atoms with Gasteiger partial charge < -0.3 is 19.2 Å². The summed E-state index contributed by atoms with van der Waals surface area (Å²) in [7, 11) is 0. The van der Waals surface area contributed by atoms with Crippen molar-refractivity contribution in [1.82, 2.24) is 4.57 Å². The van der Waals surface area contributed by atoms with Gasteiger partial charge in [-0.1, -0.05) is 11.6 Å². The molecule has 1 aromatic heterocycles. The predicted molar refractivity (Wildman–Crippen MR) is 103 cm³/mol. The first-order valence-electron chi connectivity index (χ1n) is 8.59. The van der Waals surface area contributed by atoms with Crippen LogP contribution in [0, 0.1) is 10.1 Å². The van der Waals surface area contributed by atoms with Crippen molar-refractivity contribution in [1.29, 1.82) is 0 Å². The molecular weight excluding hydrogens is 406 g/mol. The molecule has 3 aromatic rings. The fourth-order valence-corrected chi connectivity index (χ4v) is 3.17. The van der Waals surface area contributed by atoms with E-state index < -0.39 is 16.6 Å². The first-order valence-corrected chi connectivity index (χ1v) is 8.97. The van der Waals surface area contributed by atoms with Gasteiger partial charge in [-0.15, -0.1) is 0 Å². The standard InChI is InChI=1S/C18H14ClN3O7/c19-10-1-2-12-14(7-10)29-18(24)21(12)4-3-17(23)20-11-8-15-16(28-6-5-27-15)9-13(11)22(25)26/h1-2,7-9H,3-6H2,(H,20,23). The minimum Gasteiger partial charge on any atom is -0.486 e. The second kappa shape index (κ2) is 7.47. The van der Waals surface area contributed by atoms with Crippen molar-refractivity contribution in [3.05, 3.63) is 56.0 Å². The van der Waals surface area contributed by atoms with Crippen LogP contribution in [0.15, 0.2) is 39.5 Å². The number of nitro groups is 1. The zero-order chi connectivity index (χ0) is 20.5. The van der Waals surface area contributed by atoms with Gasteiger partial charge in [-0.2, -0.15) is 0 Å². The topological polar surface area (TPSA) is 126 Å². The number of benzene rings is 2. The van der Waals surface area contributed by atoms with Gasteiger partial charge >= 0.3 is 5.76 Å². The van der Waals surface area contributed by atoms with E-state index in [1.807, 2.05) is 0 Å². The molecule has 0 atom stereocenters. The van der Waals surface area contributed by atoms with Crippen molar-refractivity contribution in [2.45, 2.75) is 13.0 Å². The number of halogens is 1. The molecule has 1 aliphatic rings. The van der Waals surface area contributed by atoms with Crippen LogP contribution in [0.2, 0.25) is 5.02 Å². The number of aromatic nitrogens is 1. The lowest BCUT2D eigenvalue weighted by atomic mass is 10.2. The molecule has 4 rings (SSSR count). The zero-order valence-corrected chi connectivity index (χ0v) is 15.6. The molecule has 0 unspecified atom stereocenters. The summed E-state index contributed by atoms with van der Waals surface area (Å²) in [5.74, 6) is -0.581. The molecule has 0 bridgehead atoms. The fourth-order valence-electron chi connectivity index (χ4n) is 3.01. The Morgan fingerprint density at radius 1 is 1.21 bits per heavy atom. The Morgan fingerprint density at radius 2 is 1.93 bits per heavy atom. The van der Waals surface area contributed by atoms with E-state index in [2.05, 4.69) is 5.32 Å². The molecule has 1 aliphatic heterocycles. The number of amides is 1. The number of carbonyl (C=O) groups is 1. The molecule has 0 fully saturated rings. The number of oxazole rings is 1. The molecule has 11 heteroatoms. The normalized spacial score (nSPS) is 12.7. The Morgan fingerprint density at radius 3 is 2.66 bits per heavy atom. The SMILES string of the molecule is O=C(CCn1c(=O)oc2cc(Cl)ccc21)Nc1cc2c(cc1[N+](=O)[O-])OCCO2. The van der Waals surface area contributed by atoms with Crippen molar-refractivity contribution < 1.29 is 23.6 Å². The Bertz CT molecular complexity index is 1180. The van der Waals surface area contributed by atoms with E-state index in [4.69, 9.17) is 25.5 Å². The van der Waals surface area contributed by atoms with Crippen molar-refractivity contribution in [3.8, 4) is 11.5 Å². The molecule has 0 aliphatic carbocycles. The smallest absolute Gasteiger partial charge is 0.419 e. The predicted octanol–water partition coefficient (Wildman–Crippen LogP) is 2.96. The molecule has 29 heavy (non-hydrogen) atoms. The van der Waals surface area contributed by atoms with Crippen molar-refractivity contribution >= 4 is 40.0 Å². The monoisotopic (exact) mass is 419 g/mol. The molecule has 10 nitrogen and oxygen atoms in total. The summed E-state index contributed by atoms with van der Waals surface area (Å²) in [6.45, 7) is 0.616. The summed E-state index contributed by atoms with van der Waals surface area (Å²) in [4.78, 5) is 35.1. The number of anilines is 1. The maximum atomic E-state index is 12.4. The van der Waals surface area contributed by atoms with Gasteiger partial charge in [-0.25, -0.2) is 4.79 Å². The van der Waals surface area contributed by atoms with Gasteiger partial charge in [0, 0.05) is 30.1 Å². The summed E-state index contributed by atoms with van der Waals surface area (Å²) >= 11 is 5.88. The quantitative estimate of drug-likeness (QED) is 0.497.